The summed E-state index contributed by atoms with van der Waals surface area (Å²) in [6.45, 7) is 4.28. The number of nitrogens with one attached hydrogen (secondary N) is 1. The summed E-state index contributed by atoms with van der Waals surface area (Å²) in [6, 6.07) is 26.2. The lowest BCUT2D eigenvalue weighted by Gasteiger charge is -2.30. The highest BCUT2D eigenvalue weighted by molar-refractivity contribution is 7.99. The number of rotatable bonds is 7. The van der Waals surface area contributed by atoms with E-state index in [0.29, 0.717) is 18.3 Å². The molecule has 0 saturated carbocycles. The molecule has 1 aliphatic rings. The molecule has 1 amide bonds. The van der Waals surface area contributed by atoms with Gasteiger partial charge in [0.1, 0.15) is 0 Å². The fraction of sp³-hybridized carbons (Fsp3) is 0.250. The maximum absolute atomic E-state index is 13.0. The van der Waals surface area contributed by atoms with Crippen LogP contribution in [0.1, 0.15) is 24.3 Å². The molecule has 0 bridgehead atoms. The molecule has 0 spiro atoms. The molecule has 1 aromatic heterocycles. The second-order valence-corrected chi connectivity index (χ2v) is 9.89. The molecule has 5 rings (SSSR count). The van der Waals surface area contributed by atoms with E-state index >= 15 is 0 Å². The largest absolute Gasteiger partial charge is 0.338 e. The third kappa shape index (κ3) is 5.81. The van der Waals surface area contributed by atoms with Crippen LogP contribution in [0.2, 0.25) is 0 Å². The van der Waals surface area contributed by atoms with Crippen LogP contribution in [0, 0.1) is 12.8 Å². The molecule has 7 heteroatoms. The highest BCUT2D eigenvalue weighted by Crippen LogP contribution is 2.34. The number of likely N-dealkylation sites (tertiary alicyclic amines) is 1. The lowest BCUT2D eigenvalue weighted by Crippen LogP contribution is -2.37. The number of benzene rings is 3. The topological polar surface area (TPSA) is 71.3 Å². The van der Waals surface area contributed by atoms with Crippen molar-refractivity contribution in [1.29, 1.82) is 0 Å². The Morgan fingerprint density at radius 3 is 2.51 bits per heavy atom. The Bertz CT molecular complexity index is 1280. The van der Waals surface area contributed by atoms with Crippen molar-refractivity contribution in [3.63, 3.8) is 0 Å². The summed E-state index contributed by atoms with van der Waals surface area (Å²) in [7, 11) is 0. The zero-order chi connectivity index (χ0) is 24.0. The average Bonchev–Trinajstić information content (AvgIpc) is 3.35. The van der Waals surface area contributed by atoms with Crippen LogP contribution in [0.3, 0.4) is 0 Å². The van der Waals surface area contributed by atoms with Crippen LogP contribution in [0.25, 0.3) is 11.4 Å². The van der Waals surface area contributed by atoms with Crippen molar-refractivity contribution in [2.24, 2.45) is 5.92 Å². The molecule has 6 nitrogen and oxygen atoms in total. The number of aryl methyl sites for hydroxylation is 1. The van der Waals surface area contributed by atoms with Crippen LogP contribution in [0.4, 0.5) is 5.69 Å². The van der Waals surface area contributed by atoms with Gasteiger partial charge < -0.3 is 9.84 Å². The molecule has 2 heterocycles. The van der Waals surface area contributed by atoms with E-state index in [1.165, 1.54) is 0 Å². The monoisotopic (exact) mass is 484 g/mol. The van der Waals surface area contributed by atoms with E-state index in [0.717, 1.165) is 52.5 Å². The number of hydrogen-bond acceptors (Lipinski definition) is 6. The van der Waals surface area contributed by atoms with Crippen molar-refractivity contribution in [1.82, 2.24) is 15.0 Å². The van der Waals surface area contributed by atoms with Gasteiger partial charge in [0.2, 0.25) is 17.6 Å². The van der Waals surface area contributed by atoms with Crippen molar-refractivity contribution in [2.45, 2.75) is 36.1 Å². The van der Waals surface area contributed by atoms with Gasteiger partial charge in [0.25, 0.3) is 0 Å². The lowest BCUT2D eigenvalue weighted by atomic mass is 9.96. The van der Waals surface area contributed by atoms with Crippen molar-refractivity contribution in [3.05, 3.63) is 90.3 Å². The fourth-order valence-electron chi connectivity index (χ4n) is 4.31. The highest BCUT2D eigenvalue weighted by Gasteiger charge is 2.26. The number of amides is 1. The first-order valence-electron chi connectivity index (χ1n) is 11.9. The normalized spacial score (nSPS) is 14.7. The average molecular weight is 485 g/mol. The summed E-state index contributed by atoms with van der Waals surface area (Å²) >= 11 is 1.66. The minimum Gasteiger partial charge on any atom is -0.338 e. The summed E-state index contributed by atoms with van der Waals surface area (Å²) < 4.78 is 5.51. The van der Waals surface area contributed by atoms with Gasteiger partial charge in [-0.3, -0.25) is 9.69 Å². The zero-order valence-electron chi connectivity index (χ0n) is 19.7. The van der Waals surface area contributed by atoms with Gasteiger partial charge in [-0.2, -0.15) is 4.98 Å². The fourth-order valence-corrected chi connectivity index (χ4v) is 5.23. The number of piperidine rings is 1. The van der Waals surface area contributed by atoms with Gasteiger partial charge in [-0.15, -0.1) is 0 Å². The minimum absolute atomic E-state index is 0.00811. The second-order valence-electron chi connectivity index (χ2n) is 8.78. The SMILES string of the molecule is Cc1ccccc1-c1noc(CN2CCC(C(=O)Nc3ccccc3Sc3ccccc3)CC2)n1. The predicted octanol–water partition coefficient (Wildman–Crippen LogP) is 6.05. The smallest absolute Gasteiger partial charge is 0.241 e. The lowest BCUT2D eigenvalue weighted by molar-refractivity contribution is -0.121. The molecule has 0 atom stereocenters. The van der Waals surface area contributed by atoms with Crippen molar-refractivity contribution in [2.75, 3.05) is 18.4 Å². The van der Waals surface area contributed by atoms with E-state index in [-0.39, 0.29) is 11.8 Å². The van der Waals surface area contributed by atoms with Gasteiger partial charge in [-0.25, -0.2) is 0 Å². The summed E-state index contributed by atoms with van der Waals surface area (Å²) in [4.78, 5) is 22.1. The number of para-hydroxylation sites is 1. The first-order chi connectivity index (χ1) is 17.2. The Hall–Kier alpha value is -3.42. The van der Waals surface area contributed by atoms with E-state index in [9.17, 15) is 4.79 Å². The first-order valence-corrected chi connectivity index (χ1v) is 12.7. The standard InChI is InChI=1S/C28H28N4O2S/c1-20-9-5-6-12-23(20)27-30-26(34-31-27)19-32-17-15-21(16-18-32)28(33)29-24-13-7-8-14-25(24)35-22-10-3-2-4-11-22/h2-14,21H,15-19H2,1H3,(H,29,33). The van der Waals surface area contributed by atoms with E-state index < -0.39 is 0 Å². The number of aromatic nitrogens is 2. The summed E-state index contributed by atoms with van der Waals surface area (Å²) in [5.41, 5.74) is 2.97. The molecular formula is C28H28N4O2S. The van der Waals surface area contributed by atoms with Crippen LogP contribution in [-0.4, -0.2) is 34.0 Å². The molecule has 1 saturated heterocycles. The molecular weight excluding hydrogens is 456 g/mol. The van der Waals surface area contributed by atoms with Crippen LogP contribution in [0.15, 0.2) is 93.2 Å². The molecule has 178 valence electrons. The Kier molecular flexibility index (Phi) is 7.25. The minimum atomic E-state index is -0.00811. The summed E-state index contributed by atoms with van der Waals surface area (Å²) in [5.74, 6) is 1.31. The molecule has 0 radical (unpaired) electrons. The van der Waals surface area contributed by atoms with Gasteiger partial charge in [-0.05, 0) is 62.7 Å². The third-order valence-corrected chi connectivity index (χ3v) is 7.37. The van der Waals surface area contributed by atoms with E-state index in [1.807, 2.05) is 73.7 Å². The maximum Gasteiger partial charge on any atom is 0.241 e. The zero-order valence-corrected chi connectivity index (χ0v) is 20.5. The molecule has 35 heavy (non-hydrogen) atoms. The van der Waals surface area contributed by atoms with Gasteiger partial charge >= 0.3 is 0 Å². The molecule has 4 aromatic rings. The Morgan fingerprint density at radius 1 is 1.00 bits per heavy atom. The maximum atomic E-state index is 13.0. The van der Waals surface area contributed by atoms with Crippen molar-refractivity contribution < 1.29 is 9.32 Å². The molecule has 1 aliphatic heterocycles. The second kappa shape index (κ2) is 10.9. The van der Waals surface area contributed by atoms with Crippen LogP contribution < -0.4 is 5.32 Å². The van der Waals surface area contributed by atoms with Gasteiger partial charge in [0, 0.05) is 21.3 Å². The van der Waals surface area contributed by atoms with Gasteiger partial charge in [0.15, 0.2) is 0 Å². The molecule has 0 aliphatic carbocycles. The van der Waals surface area contributed by atoms with E-state index in [2.05, 4.69) is 32.5 Å². The first kappa shape index (κ1) is 23.3. The third-order valence-electron chi connectivity index (χ3n) is 6.29. The number of carbonyl (C=O) groups excluding carboxylic acids is 1. The Labute approximate surface area is 209 Å². The van der Waals surface area contributed by atoms with E-state index in [1.54, 1.807) is 11.8 Å². The number of carbonyl (C=O) groups is 1. The highest BCUT2D eigenvalue weighted by atomic mass is 32.2. The van der Waals surface area contributed by atoms with Gasteiger partial charge in [-0.1, -0.05) is 71.5 Å². The Balaban J connectivity index is 1.15. The number of anilines is 1. The molecule has 3 aromatic carbocycles. The predicted molar refractivity (Wildman–Crippen MR) is 138 cm³/mol. The quantitative estimate of drug-likeness (QED) is 0.344. The van der Waals surface area contributed by atoms with Gasteiger partial charge in [0.05, 0.1) is 12.2 Å². The molecule has 1 N–H and O–H groups in total. The molecule has 0 unspecified atom stereocenters. The summed E-state index contributed by atoms with van der Waals surface area (Å²) in [5, 5.41) is 7.33. The van der Waals surface area contributed by atoms with E-state index in [4.69, 9.17) is 4.52 Å². The van der Waals surface area contributed by atoms with Crippen LogP contribution in [-0.2, 0) is 11.3 Å². The van der Waals surface area contributed by atoms with Crippen molar-refractivity contribution >= 4 is 23.4 Å². The number of nitrogens with zero attached hydrogens (tertiary/aromatic N) is 3. The van der Waals surface area contributed by atoms with Crippen LogP contribution >= 0.6 is 11.8 Å². The Morgan fingerprint density at radius 2 is 1.71 bits per heavy atom. The molecule has 1 fully saturated rings. The number of hydrogen-bond donors (Lipinski definition) is 1. The van der Waals surface area contributed by atoms with Crippen LogP contribution in [0.5, 0.6) is 0 Å². The van der Waals surface area contributed by atoms with Crippen molar-refractivity contribution in [3.8, 4) is 11.4 Å². The summed E-state index contributed by atoms with van der Waals surface area (Å²) in [6.07, 6.45) is 1.61.